The zero-order valence-corrected chi connectivity index (χ0v) is 9.16. The molecule has 1 heterocycles. The molecule has 16 heavy (non-hydrogen) atoms. The van der Waals surface area contributed by atoms with E-state index in [1.807, 2.05) is 6.20 Å². The SMILES string of the molecule is OCC1(NCc2ccc3[nH]ccc3c2)CC1. The fraction of sp³-hybridized carbons (Fsp3) is 0.385. The molecule has 3 heteroatoms. The van der Waals surface area contributed by atoms with Gasteiger partial charge in [0.05, 0.1) is 6.61 Å². The van der Waals surface area contributed by atoms with E-state index in [-0.39, 0.29) is 12.1 Å². The molecule has 1 aliphatic carbocycles. The summed E-state index contributed by atoms with van der Waals surface area (Å²) in [7, 11) is 0. The highest BCUT2D eigenvalue weighted by molar-refractivity contribution is 5.79. The van der Waals surface area contributed by atoms with Gasteiger partial charge < -0.3 is 15.4 Å². The highest BCUT2D eigenvalue weighted by Gasteiger charge is 2.41. The van der Waals surface area contributed by atoms with E-state index in [0.29, 0.717) is 0 Å². The van der Waals surface area contributed by atoms with E-state index in [9.17, 15) is 5.11 Å². The summed E-state index contributed by atoms with van der Waals surface area (Å²) in [5, 5.41) is 13.9. The Kier molecular flexibility index (Phi) is 2.23. The van der Waals surface area contributed by atoms with Gasteiger partial charge in [-0.3, -0.25) is 0 Å². The molecular formula is C13H16N2O. The molecular weight excluding hydrogens is 200 g/mol. The summed E-state index contributed by atoms with van der Waals surface area (Å²) in [6, 6.07) is 8.49. The van der Waals surface area contributed by atoms with E-state index in [4.69, 9.17) is 0 Å². The molecule has 0 saturated heterocycles. The largest absolute Gasteiger partial charge is 0.394 e. The zero-order chi connectivity index (χ0) is 11.0. The van der Waals surface area contributed by atoms with Gasteiger partial charge in [-0.2, -0.15) is 0 Å². The third-order valence-corrected chi connectivity index (χ3v) is 3.44. The number of aromatic nitrogens is 1. The summed E-state index contributed by atoms with van der Waals surface area (Å²) in [6.07, 6.45) is 4.14. The van der Waals surface area contributed by atoms with Crippen LogP contribution in [0.15, 0.2) is 30.5 Å². The van der Waals surface area contributed by atoms with Crippen molar-refractivity contribution in [1.29, 1.82) is 0 Å². The summed E-state index contributed by atoms with van der Waals surface area (Å²) in [4.78, 5) is 3.18. The molecule has 0 aliphatic heterocycles. The molecule has 1 aromatic carbocycles. The molecule has 3 N–H and O–H groups in total. The van der Waals surface area contributed by atoms with Crippen LogP contribution in [-0.2, 0) is 6.54 Å². The van der Waals surface area contributed by atoms with Crippen LogP contribution in [0.25, 0.3) is 10.9 Å². The van der Waals surface area contributed by atoms with Crippen LogP contribution in [0, 0.1) is 0 Å². The number of aliphatic hydroxyl groups excluding tert-OH is 1. The van der Waals surface area contributed by atoms with Gasteiger partial charge in [0.25, 0.3) is 0 Å². The van der Waals surface area contributed by atoms with Crippen molar-refractivity contribution in [3.05, 3.63) is 36.0 Å². The first kappa shape index (κ1) is 9.87. The monoisotopic (exact) mass is 216 g/mol. The predicted molar refractivity (Wildman–Crippen MR) is 64.2 cm³/mol. The lowest BCUT2D eigenvalue weighted by atomic mass is 10.1. The van der Waals surface area contributed by atoms with Crippen molar-refractivity contribution in [1.82, 2.24) is 10.3 Å². The fourth-order valence-corrected chi connectivity index (χ4v) is 2.04. The van der Waals surface area contributed by atoms with Gasteiger partial charge >= 0.3 is 0 Å². The number of nitrogens with one attached hydrogen (secondary N) is 2. The summed E-state index contributed by atoms with van der Waals surface area (Å²) < 4.78 is 0. The minimum atomic E-state index is 0.0209. The molecule has 84 valence electrons. The predicted octanol–water partition coefficient (Wildman–Crippen LogP) is 1.78. The third kappa shape index (κ3) is 1.72. The highest BCUT2D eigenvalue weighted by Crippen LogP contribution is 2.34. The number of hydrogen-bond acceptors (Lipinski definition) is 2. The lowest BCUT2D eigenvalue weighted by Crippen LogP contribution is -2.34. The van der Waals surface area contributed by atoms with E-state index >= 15 is 0 Å². The topological polar surface area (TPSA) is 48.0 Å². The summed E-state index contributed by atoms with van der Waals surface area (Å²) in [5.74, 6) is 0. The Labute approximate surface area is 94.5 Å². The van der Waals surface area contributed by atoms with Gasteiger partial charge in [0.1, 0.15) is 0 Å². The molecule has 0 amide bonds. The maximum absolute atomic E-state index is 9.21. The zero-order valence-electron chi connectivity index (χ0n) is 9.16. The first-order chi connectivity index (χ1) is 7.81. The Morgan fingerprint density at radius 3 is 2.94 bits per heavy atom. The second kappa shape index (κ2) is 3.61. The normalized spacial score (nSPS) is 17.8. The Balaban J connectivity index is 1.74. The molecule has 1 fully saturated rings. The smallest absolute Gasteiger partial charge is 0.0613 e. The number of benzene rings is 1. The maximum atomic E-state index is 9.21. The Morgan fingerprint density at radius 2 is 2.19 bits per heavy atom. The molecule has 3 rings (SSSR count). The second-order valence-corrected chi connectivity index (χ2v) is 4.69. The number of aliphatic hydroxyl groups is 1. The van der Waals surface area contributed by atoms with Crippen molar-refractivity contribution in [2.75, 3.05) is 6.61 Å². The van der Waals surface area contributed by atoms with Gasteiger partial charge in [-0.15, -0.1) is 0 Å². The minimum Gasteiger partial charge on any atom is -0.394 e. The van der Waals surface area contributed by atoms with E-state index in [2.05, 4.69) is 34.6 Å². The van der Waals surface area contributed by atoms with Gasteiger partial charge in [-0.05, 0) is 42.0 Å². The number of hydrogen-bond donors (Lipinski definition) is 3. The van der Waals surface area contributed by atoms with E-state index in [0.717, 1.165) is 19.4 Å². The summed E-state index contributed by atoms with van der Waals surface area (Å²) >= 11 is 0. The van der Waals surface area contributed by atoms with Crippen LogP contribution in [-0.4, -0.2) is 22.2 Å². The van der Waals surface area contributed by atoms with Crippen molar-refractivity contribution >= 4 is 10.9 Å². The molecule has 0 radical (unpaired) electrons. The molecule has 1 saturated carbocycles. The van der Waals surface area contributed by atoms with Gasteiger partial charge in [0.2, 0.25) is 0 Å². The van der Waals surface area contributed by atoms with Gasteiger partial charge in [-0.1, -0.05) is 6.07 Å². The maximum Gasteiger partial charge on any atom is 0.0613 e. The van der Waals surface area contributed by atoms with Crippen LogP contribution in [0.4, 0.5) is 0 Å². The van der Waals surface area contributed by atoms with E-state index < -0.39 is 0 Å². The van der Waals surface area contributed by atoms with Crippen molar-refractivity contribution in [3.8, 4) is 0 Å². The average Bonchev–Trinajstić information content (AvgIpc) is 2.96. The van der Waals surface area contributed by atoms with Gasteiger partial charge in [-0.25, -0.2) is 0 Å². The lowest BCUT2D eigenvalue weighted by molar-refractivity contribution is 0.229. The van der Waals surface area contributed by atoms with Crippen LogP contribution in [0.1, 0.15) is 18.4 Å². The quantitative estimate of drug-likeness (QED) is 0.729. The van der Waals surface area contributed by atoms with E-state index in [1.54, 1.807) is 0 Å². The standard InChI is InChI=1S/C13H16N2O/c16-9-13(4-5-13)15-8-10-1-2-12-11(7-10)3-6-14-12/h1-3,6-7,14-16H,4-5,8-9H2. The summed E-state index contributed by atoms with van der Waals surface area (Å²) in [6.45, 7) is 1.08. The molecule has 1 aromatic heterocycles. The highest BCUT2D eigenvalue weighted by atomic mass is 16.3. The lowest BCUT2D eigenvalue weighted by Gasteiger charge is -2.14. The van der Waals surface area contributed by atoms with Crippen molar-refractivity contribution < 1.29 is 5.11 Å². The number of fused-ring (bicyclic) bond motifs is 1. The molecule has 2 aromatic rings. The van der Waals surface area contributed by atoms with Gasteiger partial charge in [0, 0.05) is 23.8 Å². The van der Waals surface area contributed by atoms with Crippen molar-refractivity contribution in [2.45, 2.75) is 24.9 Å². The molecule has 0 atom stereocenters. The van der Waals surface area contributed by atoms with Crippen molar-refractivity contribution in [2.24, 2.45) is 0 Å². The number of rotatable bonds is 4. The summed E-state index contributed by atoms with van der Waals surface area (Å²) in [5.41, 5.74) is 2.46. The van der Waals surface area contributed by atoms with Gasteiger partial charge in [0.15, 0.2) is 0 Å². The number of aromatic amines is 1. The fourth-order valence-electron chi connectivity index (χ4n) is 2.04. The average molecular weight is 216 g/mol. The second-order valence-electron chi connectivity index (χ2n) is 4.69. The molecule has 0 spiro atoms. The molecule has 0 bridgehead atoms. The molecule has 3 nitrogen and oxygen atoms in total. The van der Waals surface area contributed by atoms with Crippen molar-refractivity contribution in [3.63, 3.8) is 0 Å². The first-order valence-corrected chi connectivity index (χ1v) is 5.73. The Morgan fingerprint density at radius 1 is 1.31 bits per heavy atom. The van der Waals surface area contributed by atoms with Crippen LogP contribution in [0.3, 0.4) is 0 Å². The van der Waals surface area contributed by atoms with E-state index in [1.165, 1.54) is 16.5 Å². The van der Waals surface area contributed by atoms with Crippen LogP contribution in [0.5, 0.6) is 0 Å². The Bertz CT molecular complexity index is 499. The Hall–Kier alpha value is -1.32. The number of H-pyrrole nitrogens is 1. The van der Waals surface area contributed by atoms with Crippen LogP contribution in [0.2, 0.25) is 0 Å². The first-order valence-electron chi connectivity index (χ1n) is 5.73. The minimum absolute atomic E-state index is 0.0209. The molecule has 0 unspecified atom stereocenters. The van der Waals surface area contributed by atoms with Crippen LogP contribution < -0.4 is 5.32 Å². The molecule has 1 aliphatic rings. The third-order valence-electron chi connectivity index (χ3n) is 3.44. The van der Waals surface area contributed by atoms with Crippen LogP contribution >= 0.6 is 0 Å².